The fraction of sp³-hybridized carbons (Fsp3) is 0.368. The van der Waals surface area contributed by atoms with Crippen LogP contribution in [0.1, 0.15) is 38.4 Å². The fourth-order valence-corrected chi connectivity index (χ4v) is 4.00. The summed E-state index contributed by atoms with van der Waals surface area (Å²) >= 11 is 1.41. The Balaban J connectivity index is 1.62. The SMILES string of the molecule is COC(=O)c1cc(CN2CCC[C@H](C(=O)c3ccccc3)C2)cs1. The van der Waals surface area contributed by atoms with E-state index in [9.17, 15) is 9.59 Å². The predicted octanol–water partition coefficient (Wildman–Crippen LogP) is 3.63. The second kappa shape index (κ2) is 7.73. The number of ether oxygens (including phenoxy) is 1. The molecule has 0 bridgehead atoms. The number of hydrogen-bond donors (Lipinski definition) is 0. The first kappa shape index (κ1) is 16.9. The Bertz CT molecular complexity index is 710. The molecule has 3 rings (SSSR count). The molecule has 1 aromatic heterocycles. The summed E-state index contributed by atoms with van der Waals surface area (Å²) in [5.74, 6) is 0.00255. The van der Waals surface area contributed by atoms with E-state index < -0.39 is 0 Å². The largest absolute Gasteiger partial charge is 0.465 e. The highest BCUT2D eigenvalue weighted by Crippen LogP contribution is 2.24. The molecule has 1 aromatic carbocycles. The molecule has 1 saturated heterocycles. The van der Waals surface area contributed by atoms with E-state index in [0.29, 0.717) is 4.88 Å². The number of piperidine rings is 1. The van der Waals surface area contributed by atoms with E-state index in [1.165, 1.54) is 18.4 Å². The summed E-state index contributed by atoms with van der Waals surface area (Å²) < 4.78 is 4.75. The zero-order valence-electron chi connectivity index (χ0n) is 13.7. The van der Waals surface area contributed by atoms with Crippen LogP contribution in [-0.2, 0) is 11.3 Å². The molecule has 1 fully saturated rings. The highest BCUT2D eigenvalue weighted by atomic mass is 32.1. The topological polar surface area (TPSA) is 46.6 Å². The zero-order valence-corrected chi connectivity index (χ0v) is 14.6. The van der Waals surface area contributed by atoms with Crippen LogP contribution < -0.4 is 0 Å². The van der Waals surface area contributed by atoms with Gasteiger partial charge in [-0.05, 0) is 36.4 Å². The number of Topliss-reactive ketones (excluding diaryl/α,β-unsaturated/α-hetero) is 1. The van der Waals surface area contributed by atoms with Gasteiger partial charge in [0.15, 0.2) is 5.78 Å². The Morgan fingerprint density at radius 3 is 2.83 bits per heavy atom. The van der Waals surface area contributed by atoms with Gasteiger partial charge in [0.1, 0.15) is 4.88 Å². The summed E-state index contributed by atoms with van der Waals surface area (Å²) in [5, 5.41) is 1.99. The normalized spacial score (nSPS) is 18.3. The number of ketones is 1. The molecule has 0 saturated carbocycles. The monoisotopic (exact) mass is 343 g/mol. The van der Waals surface area contributed by atoms with Gasteiger partial charge in [0.2, 0.25) is 0 Å². The first-order valence-corrected chi connectivity index (χ1v) is 9.02. The van der Waals surface area contributed by atoms with Crippen molar-refractivity contribution in [2.75, 3.05) is 20.2 Å². The molecule has 0 spiro atoms. The Hall–Kier alpha value is -1.98. The Labute approximate surface area is 146 Å². The van der Waals surface area contributed by atoms with Crippen molar-refractivity contribution < 1.29 is 14.3 Å². The lowest BCUT2D eigenvalue weighted by Gasteiger charge is -2.31. The molecule has 1 atom stereocenters. The molecule has 4 nitrogen and oxygen atoms in total. The van der Waals surface area contributed by atoms with E-state index >= 15 is 0 Å². The summed E-state index contributed by atoms with van der Waals surface area (Å²) in [6, 6.07) is 11.4. The molecule has 0 unspecified atom stereocenters. The fourth-order valence-electron chi connectivity index (χ4n) is 3.18. The van der Waals surface area contributed by atoms with Crippen LogP contribution in [0.25, 0.3) is 0 Å². The number of carbonyl (C=O) groups excluding carboxylic acids is 2. The summed E-state index contributed by atoms with van der Waals surface area (Å²) in [4.78, 5) is 27.1. The molecule has 2 heterocycles. The quantitative estimate of drug-likeness (QED) is 0.614. The maximum atomic E-state index is 12.6. The number of nitrogens with zero attached hydrogens (tertiary/aromatic N) is 1. The van der Waals surface area contributed by atoms with Crippen molar-refractivity contribution >= 4 is 23.1 Å². The minimum atomic E-state index is -0.290. The van der Waals surface area contributed by atoms with Crippen LogP contribution in [0.5, 0.6) is 0 Å². The van der Waals surface area contributed by atoms with Gasteiger partial charge in [0, 0.05) is 24.6 Å². The lowest BCUT2D eigenvalue weighted by Crippen LogP contribution is -2.38. The van der Waals surface area contributed by atoms with Crippen molar-refractivity contribution in [2.24, 2.45) is 5.92 Å². The van der Waals surface area contributed by atoms with Crippen molar-refractivity contribution in [3.05, 3.63) is 57.8 Å². The molecule has 0 N–H and O–H groups in total. The molecule has 5 heteroatoms. The van der Waals surface area contributed by atoms with Gasteiger partial charge < -0.3 is 4.74 Å². The average Bonchev–Trinajstić information content (AvgIpc) is 3.10. The predicted molar refractivity (Wildman–Crippen MR) is 94.4 cm³/mol. The standard InChI is InChI=1S/C19H21NO3S/c1-23-19(22)17-10-14(13-24-17)11-20-9-5-8-16(12-20)18(21)15-6-3-2-4-7-15/h2-4,6-7,10,13,16H,5,8-9,11-12H2,1H3/t16-/m0/s1. The van der Waals surface area contributed by atoms with E-state index in [4.69, 9.17) is 4.74 Å². The zero-order chi connectivity index (χ0) is 16.9. The molecule has 2 aromatic rings. The number of benzene rings is 1. The third-order valence-electron chi connectivity index (χ3n) is 4.38. The number of hydrogen-bond acceptors (Lipinski definition) is 5. The van der Waals surface area contributed by atoms with Gasteiger partial charge in [-0.15, -0.1) is 11.3 Å². The van der Waals surface area contributed by atoms with Crippen LogP contribution in [0.2, 0.25) is 0 Å². The van der Waals surface area contributed by atoms with E-state index in [1.807, 2.05) is 41.8 Å². The van der Waals surface area contributed by atoms with Crippen LogP contribution in [0, 0.1) is 5.92 Å². The van der Waals surface area contributed by atoms with Gasteiger partial charge in [-0.3, -0.25) is 9.69 Å². The number of likely N-dealkylation sites (tertiary alicyclic amines) is 1. The van der Waals surface area contributed by atoms with E-state index in [2.05, 4.69) is 4.90 Å². The maximum Gasteiger partial charge on any atom is 0.348 e. The number of rotatable bonds is 5. The first-order valence-electron chi connectivity index (χ1n) is 8.14. The Morgan fingerprint density at radius 2 is 2.08 bits per heavy atom. The average molecular weight is 343 g/mol. The van der Waals surface area contributed by atoms with Gasteiger partial charge in [-0.1, -0.05) is 30.3 Å². The van der Waals surface area contributed by atoms with Crippen molar-refractivity contribution in [2.45, 2.75) is 19.4 Å². The molecule has 24 heavy (non-hydrogen) atoms. The second-order valence-corrected chi connectivity index (χ2v) is 7.03. The van der Waals surface area contributed by atoms with Gasteiger partial charge in [-0.2, -0.15) is 0 Å². The van der Waals surface area contributed by atoms with E-state index in [0.717, 1.165) is 43.6 Å². The van der Waals surface area contributed by atoms with Crippen LogP contribution in [0.4, 0.5) is 0 Å². The van der Waals surface area contributed by atoms with Gasteiger partial charge in [-0.25, -0.2) is 4.79 Å². The molecule has 126 valence electrons. The second-order valence-electron chi connectivity index (χ2n) is 6.12. The third kappa shape index (κ3) is 3.91. The Morgan fingerprint density at radius 1 is 1.29 bits per heavy atom. The van der Waals surface area contributed by atoms with Gasteiger partial charge in [0.25, 0.3) is 0 Å². The van der Waals surface area contributed by atoms with Gasteiger partial charge in [0.05, 0.1) is 7.11 Å². The van der Waals surface area contributed by atoms with Gasteiger partial charge >= 0.3 is 5.97 Å². The molecule has 1 aliphatic heterocycles. The minimum Gasteiger partial charge on any atom is -0.465 e. The van der Waals surface area contributed by atoms with Crippen LogP contribution in [0.15, 0.2) is 41.8 Å². The minimum absolute atomic E-state index is 0.0554. The summed E-state index contributed by atoms with van der Waals surface area (Å²) in [6.07, 6.45) is 1.97. The van der Waals surface area contributed by atoms with Crippen molar-refractivity contribution in [1.29, 1.82) is 0 Å². The van der Waals surface area contributed by atoms with Crippen LogP contribution in [-0.4, -0.2) is 36.9 Å². The molecule has 0 aliphatic carbocycles. The summed E-state index contributed by atoms with van der Waals surface area (Å²) in [7, 11) is 1.39. The first-order chi connectivity index (χ1) is 11.7. The number of carbonyl (C=O) groups is 2. The smallest absolute Gasteiger partial charge is 0.348 e. The molecular formula is C19H21NO3S. The number of esters is 1. The van der Waals surface area contributed by atoms with Crippen molar-refractivity contribution in [1.82, 2.24) is 4.90 Å². The highest BCUT2D eigenvalue weighted by Gasteiger charge is 2.26. The van der Waals surface area contributed by atoms with Crippen molar-refractivity contribution in [3.63, 3.8) is 0 Å². The summed E-state index contributed by atoms with van der Waals surface area (Å²) in [6.45, 7) is 2.53. The summed E-state index contributed by atoms with van der Waals surface area (Å²) in [5.41, 5.74) is 1.90. The molecule has 0 radical (unpaired) electrons. The van der Waals surface area contributed by atoms with Crippen molar-refractivity contribution in [3.8, 4) is 0 Å². The van der Waals surface area contributed by atoms with E-state index in [1.54, 1.807) is 0 Å². The van der Waals surface area contributed by atoms with Crippen LogP contribution in [0.3, 0.4) is 0 Å². The molecular weight excluding hydrogens is 322 g/mol. The third-order valence-corrected chi connectivity index (χ3v) is 5.34. The number of methoxy groups -OCH3 is 1. The maximum absolute atomic E-state index is 12.6. The lowest BCUT2D eigenvalue weighted by atomic mass is 9.90. The molecule has 1 aliphatic rings. The Kier molecular flexibility index (Phi) is 5.43. The molecule has 0 amide bonds. The van der Waals surface area contributed by atoms with Crippen LogP contribution >= 0.6 is 11.3 Å². The lowest BCUT2D eigenvalue weighted by molar-refractivity contribution is 0.0606. The highest BCUT2D eigenvalue weighted by molar-refractivity contribution is 7.12. The van der Waals surface area contributed by atoms with E-state index in [-0.39, 0.29) is 17.7 Å². The number of thiophene rings is 1.